The maximum absolute atomic E-state index is 12.7. The quantitative estimate of drug-likeness (QED) is 0.570. The number of alkyl halides is 3. The number of carbonyl (C=O) groups excluding carboxylic acids is 1. The van der Waals surface area contributed by atoms with Crippen LogP contribution in [-0.2, 0) is 14.9 Å². The van der Waals surface area contributed by atoms with E-state index in [9.17, 15) is 26.4 Å². The van der Waals surface area contributed by atoms with Crippen LogP contribution in [0.25, 0.3) is 0 Å². The van der Waals surface area contributed by atoms with Crippen LogP contribution >= 0.6 is 0 Å². The van der Waals surface area contributed by atoms with Crippen LogP contribution in [-0.4, -0.2) is 30.9 Å². The highest BCUT2D eigenvalue weighted by Gasteiger charge is 2.49. The number of hydrogen-bond acceptors (Lipinski definition) is 6. The Morgan fingerprint density at radius 2 is 1.77 bits per heavy atom. The molecule has 3 atom stereocenters. The van der Waals surface area contributed by atoms with E-state index in [0.717, 1.165) is 11.8 Å². The van der Waals surface area contributed by atoms with Crippen LogP contribution in [0.15, 0.2) is 42.5 Å². The number of anilines is 2. The monoisotopic (exact) mass is 443 g/mol. The molecule has 0 aliphatic carbocycles. The van der Waals surface area contributed by atoms with Crippen LogP contribution in [0.5, 0.6) is 5.88 Å². The van der Waals surface area contributed by atoms with Crippen molar-refractivity contribution in [1.29, 1.82) is 0 Å². The van der Waals surface area contributed by atoms with Crippen molar-refractivity contribution in [3.05, 3.63) is 48.2 Å². The van der Waals surface area contributed by atoms with Crippen molar-refractivity contribution in [2.24, 2.45) is 5.92 Å². The number of benzene rings is 1. The first-order valence-electron chi connectivity index (χ1n) is 9.05. The number of carbonyl (C=O) groups is 1. The summed E-state index contributed by atoms with van der Waals surface area (Å²) in [5.74, 6) is -1.20. The highest BCUT2D eigenvalue weighted by Crippen LogP contribution is 2.42. The van der Waals surface area contributed by atoms with E-state index in [2.05, 4.69) is 14.5 Å². The summed E-state index contributed by atoms with van der Waals surface area (Å²) in [6, 6.07) is 10.7. The summed E-state index contributed by atoms with van der Waals surface area (Å²) in [4.78, 5) is 17.8. The van der Waals surface area contributed by atoms with Crippen LogP contribution in [0.1, 0.15) is 32.5 Å². The Morgan fingerprint density at radius 1 is 1.13 bits per heavy atom. The van der Waals surface area contributed by atoms with Crippen molar-refractivity contribution in [3.8, 4) is 5.88 Å². The minimum Gasteiger partial charge on any atom is -0.376 e. The largest absolute Gasteiger partial charge is 0.534 e. The maximum Gasteiger partial charge on any atom is 0.534 e. The number of para-hydroxylation sites is 1. The van der Waals surface area contributed by atoms with Crippen molar-refractivity contribution in [2.45, 2.75) is 38.4 Å². The molecule has 2 heterocycles. The first kappa shape index (κ1) is 21.9. The van der Waals surface area contributed by atoms with Gasteiger partial charge in [-0.3, -0.25) is 4.79 Å². The molecule has 7 nitrogen and oxygen atoms in total. The predicted molar refractivity (Wildman–Crippen MR) is 104 cm³/mol. The number of fused-ring (bicyclic) bond motifs is 1. The molecule has 1 aromatic heterocycles. The molecule has 0 saturated carbocycles. The van der Waals surface area contributed by atoms with E-state index in [4.69, 9.17) is 0 Å². The van der Waals surface area contributed by atoms with Crippen LogP contribution < -0.4 is 14.4 Å². The second-order valence-electron chi connectivity index (χ2n) is 7.01. The normalized spacial score (nSPS) is 21.7. The van der Waals surface area contributed by atoms with E-state index in [1.54, 1.807) is 0 Å². The number of pyridine rings is 1. The van der Waals surface area contributed by atoms with E-state index < -0.39 is 27.5 Å². The molecule has 2 unspecified atom stereocenters. The summed E-state index contributed by atoms with van der Waals surface area (Å²) < 4.78 is 65.1. The molecule has 162 valence electrons. The molecule has 11 heteroatoms. The molecule has 0 bridgehead atoms. The van der Waals surface area contributed by atoms with Gasteiger partial charge in [0.25, 0.3) is 0 Å². The number of nitrogens with zero attached hydrogens (tertiary/aromatic N) is 2. The van der Waals surface area contributed by atoms with Crippen molar-refractivity contribution in [2.75, 3.05) is 10.2 Å². The highest BCUT2D eigenvalue weighted by atomic mass is 32.2. The molecule has 0 saturated heterocycles. The number of aromatic nitrogens is 1. The van der Waals surface area contributed by atoms with E-state index in [-0.39, 0.29) is 23.6 Å². The van der Waals surface area contributed by atoms with E-state index in [1.165, 1.54) is 17.9 Å². The lowest BCUT2D eigenvalue weighted by Crippen LogP contribution is -2.48. The molecule has 1 N–H and O–H groups in total. The number of hydrogen-bond donors (Lipinski definition) is 1. The molecule has 1 aliphatic heterocycles. The minimum atomic E-state index is -5.87. The molecule has 1 amide bonds. The molecule has 3 rings (SSSR count). The second kappa shape index (κ2) is 7.78. The fourth-order valence-electron chi connectivity index (χ4n) is 3.44. The Bertz CT molecular complexity index is 1040. The first-order chi connectivity index (χ1) is 13.9. The van der Waals surface area contributed by atoms with Crippen LogP contribution in [0.3, 0.4) is 0 Å². The Balaban J connectivity index is 2.08. The molecule has 1 aliphatic rings. The molecular weight excluding hydrogens is 423 g/mol. The van der Waals surface area contributed by atoms with Gasteiger partial charge in [-0.15, -0.1) is 0 Å². The van der Waals surface area contributed by atoms with Gasteiger partial charge in [0.2, 0.25) is 11.8 Å². The summed E-state index contributed by atoms with van der Waals surface area (Å²) in [7, 11) is -5.87. The van der Waals surface area contributed by atoms with Crippen molar-refractivity contribution in [1.82, 2.24) is 4.98 Å². The smallest absolute Gasteiger partial charge is 0.376 e. The minimum absolute atomic E-state index is 0.205. The van der Waals surface area contributed by atoms with Gasteiger partial charge in [-0.05, 0) is 25.1 Å². The number of rotatable bonds is 4. The molecule has 1 aromatic carbocycles. The Kier molecular flexibility index (Phi) is 5.68. The Morgan fingerprint density at radius 3 is 2.33 bits per heavy atom. The fourth-order valence-corrected chi connectivity index (χ4v) is 3.85. The first-order valence-corrected chi connectivity index (χ1v) is 10.5. The fraction of sp³-hybridized carbons (Fsp3) is 0.368. The lowest BCUT2D eigenvalue weighted by Gasteiger charge is -2.43. The zero-order valence-corrected chi connectivity index (χ0v) is 17.2. The van der Waals surface area contributed by atoms with Crippen LogP contribution in [0.4, 0.5) is 24.5 Å². The summed E-state index contributed by atoms with van der Waals surface area (Å²) in [6.45, 7) is 5.09. The number of nitrogens with one attached hydrogen (secondary N) is 1. The summed E-state index contributed by atoms with van der Waals surface area (Å²) in [5.41, 5.74) is -4.26. The average Bonchev–Trinajstić information content (AvgIpc) is 2.65. The second-order valence-corrected chi connectivity index (χ2v) is 8.55. The highest BCUT2D eigenvalue weighted by molar-refractivity contribution is 7.87. The summed E-state index contributed by atoms with van der Waals surface area (Å²) in [5, 5.41) is 3.27. The lowest BCUT2D eigenvalue weighted by atomic mass is 9.85. The van der Waals surface area contributed by atoms with Gasteiger partial charge in [0, 0.05) is 30.6 Å². The van der Waals surface area contributed by atoms with Crippen LogP contribution in [0.2, 0.25) is 0 Å². The van der Waals surface area contributed by atoms with Gasteiger partial charge in [0.05, 0.1) is 17.4 Å². The van der Waals surface area contributed by atoms with Gasteiger partial charge >= 0.3 is 15.6 Å². The topological polar surface area (TPSA) is 88.6 Å². The van der Waals surface area contributed by atoms with Gasteiger partial charge in [0.1, 0.15) is 0 Å². The van der Waals surface area contributed by atoms with Gasteiger partial charge in [0.15, 0.2) is 0 Å². The SMILES string of the molecule is CC(=O)N1c2ccc(OS(=O)(=O)C(F)(F)F)nc2C(Nc2ccccc2)C(C)[C@@H]1C. The third-order valence-corrected chi connectivity index (χ3v) is 6.00. The summed E-state index contributed by atoms with van der Waals surface area (Å²) >= 11 is 0. The zero-order valence-electron chi connectivity index (χ0n) is 16.3. The average molecular weight is 443 g/mol. The molecular formula is C19H20F3N3O4S. The standard InChI is InChI=1S/C19H20F3N3O4S/c1-11-12(2)25(13(3)26)15-9-10-16(29-30(27,28)19(20,21)22)24-18(15)17(11)23-14-7-5-4-6-8-14/h4-12,17,23H,1-3H3/t11?,12-,17?/m0/s1. The van der Waals surface area contributed by atoms with E-state index in [0.29, 0.717) is 5.69 Å². The van der Waals surface area contributed by atoms with Crippen molar-refractivity contribution >= 4 is 27.4 Å². The summed E-state index contributed by atoms with van der Waals surface area (Å²) in [6.07, 6.45) is 0. The zero-order chi connectivity index (χ0) is 22.3. The Labute approximate surface area is 172 Å². The number of halogens is 3. The third-order valence-electron chi connectivity index (χ3n) is 5.04. The number of amides is 1. The van der Waals surface area contributed by atoms with Gasteiger partial charge in [-0.25, -0.2) is 4.98 Å². The third kappa shape index (κ3) is 4.07. The molecule has 2 aromatic rings. The molecule has 0 spiro atoms. The Hall–Kier alpha value is -2.82. The van der Waals surface area contributed by atoms with Crippen LogP contribution in [0, 0.1) is 5.92 Å². The molecule has 0 fully saturated rings. The van der Waals surface area contributed by atoms with Crippen molar-refractivity contribution in [3.63, 3.8) is 0 Å². The van der Waals surface area contributed by atoms with Gasteiger partial charge < -0.3 is 14.4 Å². The lowest BCUT2D eigenvalue weighted by molar-refractivity contribution is -0.117. The van der Waals surface area contributed by atoms with Crippen molar-refractivity contribution < 1.29 is 30.6 Å². The van der Waals surface area contributed by atoms with Gasteiger partial charge in [-0.2, -0.15) is 21.6 Å². The molecule has 30 heavy (non-hydrogen) atoms. The van der Waals surface area contributed by atoms with E-state index in [1.807, 2.05) is 44.2 Å². The predicted octanol–water partition coefficient (Wildman–Crippen LogP) is 3.85. The van der Waals surface area contributed by atoms with Gasteiger partial charge in [-0.1, -0.05) is 25.1 Å². The maximum atomic E-state index is 12.7. The van der Waals surface area contributed by atoms with E-state index >= 15 is 0 Å². The molecule has 0 radical (unpaired) electrons.